The lowest BCUT2D eigenvalue weighted by atomic mass is 10.4. The zero-order valence-electron chi connectivity index (χ0n) is 10.3. The van der Waals surface area contributed by atoms with Crippen LogP contribution in [0.4, 0.5) is 0 Å². The SMILES string of the molecule is C=C(C)C(=O)OCc1nccn1CCCOC. The van der Waals surface area contributed by atoms with Crippen molar-refractivity contribution in [1.82, 2.24) is 9.55 Å². The van der Waals surface area contributed by atoms with E-state index in [2.05, 4.69) is 11.6 Å². The van der Waals surface area contributed by atoms with Gasteiger partial charge < -0.3 is 14.0 Å². The molecule has 0 saturated heterocycles. The topological polar surface area (TPSA) is 53.3 Å². The Morgan fingerprint density at radius 1 is 1.59 bits per heavy atom. The van der Waals surface area contributed by atoms with Crippen LogP contribution in [-0.4, -0.2) is 29.2 Å². The maximum atomic E-state index is 11.2. The second-order valence-corrected chi connectivity index (χ2v) is 3.74. The predicted octanol–water partition coefficient (Wildman–Crippen LogP) is 1.54. The van der Waals surface area contributed by atoms with Gasteiger partial charge >= 0.3 is 5.97 Å². The number of aryl methyl sites for hydroxylation is 1. The molecule has 0 radical (unpaired) electrons. The number of esters is 1. The van der Waals surface area contributed by atoms with Crippen LogP contribution < -0.4 is 0 Å². The van der Waals surface area contributed by atoms with Crippen molar-refractivity contribution in [2.75, 3.05) is 13.7 Å². The molecular formula is C12H18N2O3. The quantitative estimate of drug-likeness (QED) is 0.411. The molecule has 0 bridgehead atoms. The zero-order chi connectivity index (χ0) is 12.7. The molecular weight excluding hydrogens is 220 g/mol. The van der Waals surface area contributed by atoms with E-state index in [9.17, 15) is 4.79 Å². The van der Waals surface area contributed by atoms with Crippen LogP contribution in [0.25, 0.3) is 0 Å². The Morgan fingerprint density at radius 2 is 2.35 bits per heavy atom. The highest BCUT2D eigenvalue weighted by atomic mass is 16.5. The van der Waals surface area contributed by atoms with E-state index in [0.29, 0.717) is 12.2 Å². The molecule has 0 saturated carbocycles. The summed E-state index contributed by atoms with van der Waals surface area (Å²) in [6, 6.07) is 0. The molecule has 1 rings (SSSR count). The molecule has 0 atom stereocenters. The Labute approximate surface area is 101 Å². The molecule has 17 heavy (non-hydrogen) atoms. The van der Waals surface area contributed by atoms with Crippen LogP contribution in [0.3, 0.4) is 0 Å². The molecule has 1 aromatic rings. The van der Waals surface area contributed by atoms with Crippen LogP contribution in [0.5, 0.6) is 0 Å². The van der Waals surface area contributed by atoms with Crippen molar-refractivity contribution >= 4 is 5.97 Å². The summed E-state index contributed by atoms with van der Waals surface area (Å²) in [6.07, 6.45) is 4.45. The molecule has 0 fully saturated rings. The first-order valence-corrected chi connectivity index (χ1v) is 5.46. The van der Waals surface area contributed by atoms with Gasteiger partial charge in [0.2, 0.25) is 0 Å². The number of rotatable bonds is 7. The number of imidazole rings is 1. The van der Waals surface area contributed by atoms with Crippen LogP contribution in [0.1, 0.15) is 19.2 Å². The monoisotopic (exact) mass is 238 g/mol. The second kappa shape index (κ2) is 6.85. The van der Waals surface area contributed by atoms with Crippen molar-refractivity contribution in [3.05, 3.63) is 30.4 Å². The highest BCUT2D eigenvalue weighted by Gasteiger charge is 2.07. The second-order valence-electron chi connectivity index (χ2n) is 3.74. The maximum Gasteiger partial charge on any atom is 0.333 e. The number of hydrogen-bond donors (Lipinski definition) is 0. The molecule has 1 aromatic heterocycles. The van der Waals surface area contributed by atoms with Gasteiger partial charge in [-0.15, -0.1) is 0 Å². The van der Waals surface area contributed by atoms with E-state index in [0.717, 1.165) is 18.8 Å². The Bertz CT molecular complexity index is 385. The van der Waals surface area contributed by atoms with Gasteiger partial charge in [-0.3, -0.25) is 0 Å². The van der Waals surface area contributed by atoms with Gasteiger partial charge in [-0.2, -0.15) is 0 Å². The smallest absolute Gasteiger partial charge is 0.333 e. The van der Waals surface area contributed by atoms with Crippen LogP contribution in [-0.2, 0) is 27.4 Å². The number of carbonyl (C=O) groups excluding carboxylic acids is 1. The number of ether oxygens (including phenoxy) is 2. The summed E-state index contributed by atoms with van der Waals surface area (Å²) in [7, 11) is 1.67. The highest BCUT2D eigenvalue weighted by Crippen LogP contribution is 2.03. The lowest BCUT2D eigenvalue weighted by Gasteiger charge is -2.08. The molecule has 5 heteroatoms. The molecule has 0 aliphatic carbocycles. The van der Waals surface area contributed by atoms with Gasteiger partial charge in [0.1, 0.15) is 12.4 Å². The fourth-order valence-electron chi connectivity index (χ4n) is 1.32. The van der Waals surface area contributed by atoms with Gasteiger partial charge in [0.05, 0.1) is 0 Å². The third kappa shape index (κ3) is 4.40. The summed E-state index contributed by atoms with van der Waals surface area (Å²) in [5.41, 5.74) is 0.391. The Balaban J connectivity index is 2.45. The summed E-state index contributed by atoms with van der Waals surface area (Å²) in [6.45, 7) is 6.81. The number of carbonyl (C=O) groups is 1. The summed E-state index contributed by atoms with van der Waals surface area (Å²) >= 11 is 0. The fraction of sp³-hybridized carbons (Fsp3) is 0.500. The minimum Gasteiger partial charge on any atom is -0.454 e. The van der Waals surface area contributed by atoms with Gasteiger partial charge in [-0.25, -0.2) is 9.78 Å². The van der Waals surface area contributed by atoms with Crippen molar-refractivity contribution in [2.45, 2.75) is 26.5 Å². The summed E-state index contributed by atoms with van der Waals surface area (Å²) in [5, 5.41) is 0. The third-order valence-corrected chi connectivity index (χ3v) is 2.23. The van der Waals surface area contributed by atoms with E-state index in [1.54, 1.807) is 20.2 Å². The summed E-state index contributed by atoms with van der Waals surface area (Å²) in [5.74, 6) is 0.340. The van der Waals surface area contributed by atoms with E-state index >= 15 is 0 Å². The predicted molar refractivity (Wildman–Crippen MR) is 63.3 cm³/mol. The van der Waals surface area contributed by atoms with E-state index < -0.39 is 5.97 Å². The van der Waals surface area contributed by atoms with E-state index in [4.69, 9.17) is 9.47 Å². The Morgan fingerprint density at radius 3 is 3.00 bits per heavy atom. The molecule has 1 heterocycles. The van der Waals surface area contributed by atoms with Crippen molar-refractivity contribution < 1.29 is 14.3 Å². The molecule has 0 aliphatic rings. The third-order valence-electron chi connectivity index (χ3n) is 2.23. The van der Waals surface area contributed by atoms with E-state index in [1.807, 2.05) is 10.8 Å². The van der Waals surface area contributed by atoms with Crippen LogP contribution in [0, 0.1) is 0 Å². The van der Waals surface area contributed by atoms with Gasteiger partial charge in [0.25, 0.3) is 0 Å². The normalized spacial score (nSPS) is 10.2. The summed E-state index contributed by atoms with van der Waals surface area (Å²) in [4.78, 5) is 15.4. The first kappa shape index (κ1) is 13.4. The van der Waals surface area contributed by atoms with Gasteiger partial charge in [0.15, 0.2) is 0 Å². The molecule has 0 aromatic carbocycles. The Hall–Kier alpha value is -1.62. The van der Waals surface area contributed by atoms with Gasteiger partial charge in [0, 0.05) is 38.2 Å². The van der Waals surface area contributed by atoms with Gasteiger partial charge in [-0.05, 0) is 13.3 Å². The molecule has 94 valence electrons. The highest BCUT2D eigenvalue weighted by molar-refractivity contribution is 5.86. The van der Waals surface area contributed by atoms with E-state index in [-0.39, 0.29) is 6.61 Å². The standard InChI is InChI=1S/C12H18N2O3/c1-10(2)12(15)17-9-11-13-5-7-14(11)6-4-8-16-3/h5,7H,1,4,6,8-9H2,2-3H3. The van der Waals surface area contributed by atoms with Crippen LogP contribution in [0.2, 0.25) is 0 Å². The minimum absolute atomic E-state index is 0.172. The molecule has 0 N–H and O–H groups in total. The fourth-order valence-corrected chi connectivity index (χ4v) is 1.32. The first-order valence-electron chi connectivity index (χ1n) is 5.46. The number of nitrogens with zero attached hydrogens (tertiary/aromatic N) is 2. The average molecular weight is 238 g/mol. The molecule has 0 unspecified atom stereocenters. The van der Waals surface area contributed by atoms with Crippen molar-refractivity contribution in [3.8, 4) is 0 Å². The first-order chi connectivity index (χ1) is 8.15. The average Bonchev–Trinajstić information content (AvgIpc) is 2.74. The van der Waals surface area contributed by atoms with Crippen LogP contribution in [0.15, 0.2) is 24.5 Å². The molecule has 0 spiro atoms. The maximum absolute atomic E-state index is 11.2. The van der Waals surface area contributed by atoms with Crippen LogP contribution >= 0.6 is 0 Å². The molecule has 0 aliphatic heterocycles. The summed E-state index contributed by atoms with van der Waals surface area (Å²) < 4.78 is 12.0. The lowest BCUT2D eigenvalue weighted by Crippen LogP contribution is -2.10. The number of aromatic nitrogens is 2. The largest absolute Gasteiger partial charge is 0.454 e. The van der Waals surface area contributed by atoms with Crippen molar-refractivity contribution in [2.24, 2.45) is 0 Å². The minimum atomic E-state index is -0.392. The Kier molecular flexibility index (Phi) is 5.42. The van der Waals surface area contributed by atoms with Crippen molar-refractivity contribution in [3.63, 3.8) is 0 Å². The van der Waals surface area contributed by atoms with Crippen molar-refractivity contribution in [1.29, 1.82) is 0 Å². The molecule has 0 amide bonds. The van der Waals surface area contributed by atoms with Gasteiger partial charge in [-0.1, -0.05) is 6.58 Å². The number of methoxy groups -OCH3 is 1. The zero-order valence-corrected chi connectivity index (χ0v) is 10.3. The molecule has 5 nitrogen and oxygen atoms in total. The van der Waals surface area contributed by atoms with E-state index in [1.165, 1.54) is 0 Å². The number of hydrogen-bond acceptors (Lipinski definition) is 4. The lowest BCUT2D eigenvalue weighted by molar-refractivity contribution is -0.140.